The second-order valence-electron chi connectivity index (χ2n) is 8.90. The van der Waals surface area contributed by atoms with Crippen LogP contribution in [-0.4, -0.2) is 16.6 Å². The molecule has 4 heteroatoms. The first-order chi connectivity index (χ1) is 15.7. The molecule has 0 aliphatic heterocycles. The van der Waals surface area contributed by atoms with Gasteiger partial charge in [0.1, 0.15) is 11.6 Å². The highest BCUT2D eigenvalue weighted by Gasteiger charge is 2.10. The summed E-state index contributed by atoms with van der Waals surface area (Å²) in [6.45, 7) is 5.12. The Morgan fingerprint density at radius 2 is 1.28 bits per heavy atom. The maximum atomic E-state index is 14.6. The van der Waals surface area contributed by atoms with Gasteiger partial charge in [0, 0.05) is 18.5 Å². The summed E-state index contributed by atoms with van der Waals surface area (Å²) < 4.78 is 20.3. The van der Waals surface area contributed by atoms with Crippen molar-refractivity contribution in [3.8, 4) is 17.1 Å². The second kappa shape index (κ2) is 16.6. The van der Waals surface area contributed by atoms with Crippen LogP contribution in [0.3, 0.4) is 0 Å². The van der Waals surface area contributed by atoms with Gasteiger partial charge in [0.15, 0.2) is 5.82 Å². The fraction of sp³-hybridized carbons (Fsp3) is 0.643. The summed E-state index contributed by atoms with van der Waals surface area (Å²) in [4.78, 5) is 8.80. The quantitative estimate of drug-likeness (QED) is 0.216. The van der Waals surface area contributed by atoms with E-state index in [0.29, 0.717) is 23.7 Å². The molecule has 0 fully saturated rings. The van der Waals surface area contributed by atoms with Crippen molar-refractivity contribution in [2.45, 2.75) is 110 Å². The van der Waals surface area contributed by atoms with Gasteiger partial charge in [-0.25, -0.2) is 14.4 Å². The van der Waals surface area contributed by atoms with Gasteiger partial charge in [-0.05, 0) is 37.0 Å². The van der Waals surface area contributed by atoms with Gasteiger partial charge < -0.3 is 4.74 Å². The van der Waals surface area contributed by atoms with Crippen LogP contribution in [0.25, 0.3) is 11.4 Å². The molecule has 0 saturated heterocycles. The normalized spacial score (nSPS) is 11.1. The lowest BCUT2D eigenvalue weighted by atomic mass is 10.1. The van der Waals surface area contributed by atoms with Gasteiger partial charge in [-0.2, -0.15) is 0 Å². The first-order valence-electron chi connectivity index (χ1n) is 13.0. The number of hydrogen-bond donors (Lipinski definition) is 0. The van der Waals surface area contributed by atoms with Crippen LogP contribution in [0, 0.1) is 5.82 Å². The molecule has 1 aromatic carbocycles. The van der Waals surface area contributed by atoms with Gasteiger partial charge in [0.05, 0.1) is 12.2 Å². The van der Waals surface area contributed by atoms with E-state index in [-0.39, 0.29) is 5.82 Å². The number of hydrogen-bond acceptors (Lipinski definition) is 3. The van der Waals surface area contributed by atoms with Crippen molar-refractivity contribution in [1.82, 2.24) is 9.97 Å². The summed E-state index contributed by atoms with van der Waals surface area (Å²) in [5, 5.41) is 0. The predicted molar refractivity (Wildman–Crippen MR) is 133 cm³/mol. The summed E-state index contributed by atoms with van der Waals surface area (Å²) in [5.74, 6) is 0.680. The van der Waals surface area contributed by atoms with Crippen LogP contribution in [0.5, 0.6) is 5.75 Å². The van der Waals surface area contributed by atoms with E-state index >= 15 is 0 Å². The van der Waals surface area contributed by atoms with Crippen LogP contribution in [-0.2, 0) is 6.42 Å². The van der Waals surface area contributed by atoms with Gasteiger partial charge in [-0.1, -0.05) is 90.9 Å². The molecule has 0 radical (unpaired) electrons. The van der Waals surface area contributed by atoms with Crippen molar-refractivity contribution in [2.75, 3.05) is 6.61 Å². The van der Waals surface area contributed by atoms with E-state index in [1.807, 2.05) is 18.5 Å². The van der Waals surface area contributed by atoms with E-state index in [9.17, 15) is 4.39 Å². The Morgan fingerprint density at radius 1 is 0.719 bits per heavy atom. The van der Waals surface area contributed by atoms with Crippen molar-refractivity contribution in [1.29, 1.82) is 0 Å². The van der Waals surface area contributed by atoms with E-state index < -0.39 is 0 Å². The molecule has 178 valence electrons. The van der Waals surface area contributed by atoms with Crippen molar-refractivity contribution >= 4 is 0 Å². The van der Waals surface area contributed by atoms with Crippen LogP contribution in [0.1, 0.15) is 109 Å². The van der Waals surface area contributed by atoms with Gasteiger partial charge in [0.2, 0.25) is 0 Å². The fourth-order valence-electron chi connectivity index (χ4n) is 3.93. The molecular weight excluding hydrogens is 399 g/mol. The van der Waals surface area contributed by atoms with Crippen LogP contribution in [0.4, 0.5) is 4.39 Å². The Labute approximate surface area is 195 Å². The molecule has 2 aromatic rings. The third-order valence-corrected chi connectivity index (χ3v) is 5.97. The van der Waals surface area contributed by atoms with E-state index in [4.69, 9.17) is 4.74 Å². The zero-order chi connectivity index (χ0) is 22.9. The lowest BCUT2D eigenvalue weighted by Crippen LogP contribution is -1.99. The minimum Gasteiger partial charge on any atom is -0.493 e. The third-order valence-electron chi connectivity index (χ3n) is 5.97. The highest BCUT2D eigenvalue weighted by Crippen LogP contribution is 2.24. The topological polar surface area (TPSA) is 35.0 Å². The zero-order valence-electron chi connectivity index (χ0n) is 20.4. The first-order valence-corrected chi connectivity index (χ1v) is 13.0. The average molecular weight is 443 g/mol. The molecule has 2 rings (SSSR count). The Hall–Kier alpha value is -1.97. The van der Waals surface area contributed by atoms with Crippen LogP contribution >= 0.6 is 0 Å². The number of nitrogens with zero attached hydrogens (tertiary/aromatic N) is 2. The van der Waals surface area contributed by atoms with Crippen molar-refractivity contribution in [2.24, 2.45) is 0 Å². The maximum Gasteiger partial charge on any atom is 0.162 e. The highest BCUT2D eigenvalue weighted by atomic mass is 19.1. The number of benzene rings is 1. The Balaban J connectivity index is 1.69. The number of aromatic nitrogens is 2. The maximum absolute atomic E-state index is 14.6. The van der Waals surface area contributed by atoms with Gasteiger partial charge >= 0.3 is 0 Å². The van der Waals surface area contributed by atoms with Gasteiger partial charge in [0.25, 0.3) is 0 Å². The third kappa shape index (κ3) is 10.6. The molecule has 1 aromatic heterocycles. The number of rotatable bonds is 18. The minimum atomic E-state index is -0.331. The molecular formula is C28H43FN2O. The Morgan fingerprint density at radius 3 is 1.88 bits per heavy atom. The predicted octanol–water partition coefficient (Wildman–Crippen LogP) is 8.71. The van der Waals surface area contributed by atoms with E-state index in [0.717, 1.165) is 24.8 Å². The van der Waals surface area contributed by atoms with Crippen LogP contribution in [0.15, 0.2) is 30.6 Å². The summed E-state index contributed by atoms with van der Waals surface area (Å²) in [6.07, 6.45) is 22.4. The van der Waals surface area contributed by atoms with Gasteiger partial charge in [-0.15, -0.1) is 0 Å². The zero-order valence-corrected chi connectivity index (χ0v) is 20.4. The number of aryl methyl sites for hydroxylation is 1. The fourth-order valence-corrected chi connectivity index (χ4v) is 3.93. The molecule has 32 heavy (non-hydrogen) atoms. The molecule has 0 aliphatic rings. The summed E-state index contributed by atoms with van der Waals surface area (Å²) in [5.41, 5.74) is 1.55. The van der Waals surface area contributed by atoms with Crippen molar-refractivity contribution in [3.05, 3.63) is 42.0 Å². The molecule has 0 N–H and O–H groups in total. The summed E-state index contributed by atoms with van der Waals surface area (Å²) >= 11 is 0. The molecule has 0 bridgehead atoms. The van der Waals surface area contributed by atoms with Crippen molar-refractivity contribution < 1.29 is 9.13 Å². The molecule has 0 aliphatic carbocycles. The van der Waals surface area contributed by atoms with Gasteiger partial charge in [-0.3, -0.25) is 0 Å². The Kier molecular flexibility index (Phi) is 13.7. The molecule has 0 amide bonds. The Bertz CT molecular complexity index is 733. The second-order valence-corrected chi connectivity index (χ2v) is 8.90. The summed E-state index contributed by atoms with van der Waals surface area (Å²) in [7, 11) is 0. The number of ether oxygens (including phenoxy) is 1. The molecule has 0 atom stereocenters. The number of halogens is 1. The average Bonchev–Trinajstić information content (AvgIpc) is 2.81. The molecule has 3 nitrogen and oxygen atoms in total. The summed E-state index contributed by atoms with van der Waals surface area (Å²) in [6, 6.07) is 4.99. The molecule has 0 unspecified atom stereocenters. The molecule has 0 saturated carbocycles. The standard InChI is InChI=1S/C28H43FN2O/c1-3-5-7-9-11-12-14-16-20-32-25-18-19-26(27(29)21-25)28-30-22-24(23-31-28)17-15-13-10-8-6-4-2/h18-19,21-23H,3-17,20H2,1-2H3. The smallest absolute Gasteiger partial charge is 0.162 e. The van der Waals surface area contributed by atoms with Crippen molar-refractivity contribution in [3.63, 3.8) is 0 Å². The first kappa shape index (κ1) is 26.3. The minimum absolute atomic E-state index is 0.331. The van der Waals surface area contributed by atoms with Crippen LogP contribution in [0.2, 0.25) is 0 Å². The van der Waals surface area contributed by atoms with E-state index in [1.165, 1.54) is 83.1 Å². The number of unbranched alkanes of at least 4 members (excludes halogenated alkanes) is 12. The SMILES string of the molecule is CCCCCCCCCCOc1ccc(-c2ncc(CCCCCCCC)cn2)c(F)c1. The lowest BCUT2D eigenvalue weighted by molar-refractivity contribution is 0.303. The largest absolute Gasteiger partial charge is 0.493 e. The molecule has 0 spiro atoms. The molecule has 1 heterocycles. The monoisotopic (exact) mass is 442 g/mol. The highest BCUT2D eigenvalue weighted by molar-refractivity contribution is 5.57. The van der Waals surface area contributed by atoms with E-state index in [1.54, 1.807) is 6.07 Å². The lowest BCUT2D eigenvalue weighted by Gasteiger charge is -2.09. The van der Waals surface area contributed by atoms with Crippen LogP contribution < -0.4 is 4.74 Å². The van der Waals surface area contributed by atoms with E-state index in [2.05, 4.69) is 23.8 Å².